The van der Waals surface area contributed by atoms with Crippen LogP contribution in [-0.2, 0) is 23.2 Å². The first-order chi connectivity index (χ1) is 13.3. The molecule has 0 radical (unpaired) electrons. The Morgan fingerprint density at radius 2 is 2.00 bits per heavy atom. The highest BCUT2D eigenvalue weighted by atomic mass is 16.6. The van der Waals surface area contributed by atoms with Crippen LogP contribution in [-0.4, -0.2) is 49.4 Å². The Bertz CT molecular complexity index is 773. The number of carbonyl (C=O) groups excluding carboxylic acids is 1. The zero-order chi connectivity index (χ0) is 20.1. The van der Waals surface area contributed by atoms with Gasteiger partial charge in [0.25, 0.3) is 0 Å². The Labute approximate surface area is 164 Å². The molecule has 1 amide bonds. The van der Waals surface area contributed by atoms with Crippen LogP contribution in [0.4, 0.5) is 4.79 Å². The lowest BCUT2D eigenvalue weighted by molar-refractivity contribution is -0.0347. The quantitative estimate of drug-likeness (QED) is 0.786. The van der Waals surface area contributed by atoms with Gasteiger partial charge in [0.15, 0.2) is 5.82 Å². The number of rotatable bonds is 5. The van der Waals surface area contributed by atoms with Crippen molar-refractivity contribution in [2.75, 3.05) is 6.54 Å². The molecule has 1 saturated heterocycles. The summed E-state index contributed by atoms with van der Waals surface area (Å²) >= 11 is 0. The monoisotopic (exact) mass is 388 g/mol. The van der Waals surface area contributed by atoms with E-state index < -0.39 is 5.60 Å². The Balaban J connectivity index is 1.65. The highest BCUT2D eigenvalue weighted by molar-refractivity contribution is 5.69. The van der Waals surface area contributed by atoms with Crippen LogP contribution in [0.5, 0.6) is 0 Å². The van der Waals surface area contributed by atoms with Gasteiger partial charge in [0.2, 0.25) is 0 Å². The topological polar surface area (TPSA) is 94.4 Å². The summed E-state index contributed by atoms with van der Waals surface area (Å²) in [6, 6.07) is 9.69. The van der Waals surface area contributed by atoms with Gasteiger partial charge in [-0.15, -0.1) is 5.10 Å². The number of hydroxylamine groups is 1. The van der Waals surface area contributed by atoms with Gasteiger partial charge in [-0.3, -0.25) is 9.74 Å². The third kappa shape index (κ3) is 5.26. The first-order valence-corrected chi connectivity index (χ1v) is 9.46. The molecule has 1 aromatic heterocycles. The van der Waals surface area contributed by atoms with Gasteiger partial charge in [-0.1, -0.05) is 30.3 Å². The lowest BCUT2D eigenvalue weighted by Gasteiger charge is -2.39. The second-order valence-electron chi connectivity index (χ2n) is 7.98. The number of piperidine rings is 1. The molecule has 2 atom stereocenters. The maximum atomic E-state index is 12.8. The highest BCUT2D eigenvalue weighted by Crippen LogP contribution is 2.30. The minimum absolute atomic E-state index is 0.00586. The number of benzene rings is 1. The number of nitrogens with one attached hydrogen (secondary N) is 1. The molecule has 0 saturated carbocycles. The normalized spacial score (nSPS) is 20.2. The Morgan fingerprint density at radius 3 is 2.64 bits per heavy atom. The van der Waals surface area contributed by atoms with E-state index in [-0.39, 0.29) is 18.2 Å². The number of amides is 1. The van der Waals surface area contributed by atoms with Crippen molar-refractivity contribution in [1.82, 2.24) is 30.6 Å². The predicted octanol–water partition coefficient (Wildman–Crippen LogP) is 2.37. The van der Waals surface area contributed by atoms with Crippen LogP contribution in [0.25, 0.3) is 0 Å². The fraction of sp³-hybridized carbons (Fsp3) is 0.579. The summed E-state index contributed by atoms with van der Waals surface area (Å²) in [5.41, 5.74) is 3.59. The van der Waals surface area contributed by atoms with Crippen molar-refractivity contribution in [1.29, 1.82) is 0 Å². The average Bonchev–Trinajstić information content (AvgIpc) is 3.07. The standard InChI is InChI=1S/C19H28N6O3/c1-19(2,3)28-18(26)25-12-15(21-27-13-14-8-6-5-7-9-14)10-11-16(25)17-20-22-23-24(17)4/h5-9,15-16,21H,10-13H2,1-4H3/t15-,16+/m0/s1. The van der Waals surface area contributed by atoms with Gasteiger partial charge in [0, 0.05) is 13.6 Å². The first kappa shape index (κ1) is 20.2. The maximum absolute atomic E-state index is 12.8. The summed E-state index contributed by atoms with van der Waals surface area (Å²) in [5, 5.41) is 11.7. The van der Waals surface area contributed by atoms with Gasteiger partial charge in [0.1, 0.15) is 5.60 Å². The number of likely N-dealkylation sites (tertiary alicyclic amines) is 1. The van der Waals surface area contributed by atoms with E-state index in [1.807, 2.05) is 51.1 Å². The SMILES string of the molecule is Cn1nnnc1[C@H]1CC[C@H](NOCc2ccccc2)CN1C(=O)OC(C)(C)C. The predicted molar refractivity (Wildman–Crippen MR) is 102 cm³/mol. The highest BCUT2D eigenvalue weighted by Gasteiger charge is 2.37. The molecule has 1 aliphatic heterocycles. The fourth-order valence-corrected chi connectivity index (χ4v) is 3.19. The molecule has 1 N–H and O–H groups in total. The van der Waals surface area contributed by atoms with Crippen molar-refractivity contribution >= 4 is 6.09 Å². The van der Waals surface area contributed by atoms with Crippen LogP contribution in [0.2, 0.25) is 0 Å². The maximum Gasteiger partial charge on any atom is 0.410 e. The lowest BCUT2D eigenvalue weighted by Crippen LogP contribution is -2.51. The second-order valence-corrected chi connectivity index (χ2v) is 7.98. The van der Waals surface area contributed by atoms with Gasteiger partial charge >= 0.3 is 6.09 Å². The largest absolute Gasteiger partial charge is 0.444 e. The molecule has 0 aliphatic carbocycles. The Kier molecular flexibility index (Phi) is 6.25. The summed E-state index contributed by atoms with van der Waals surface area (Å²) < 4.78 is 7.21. The van der Waals surface area contributed by atoms with Crippen molar-refractivity contribution in [3.05, 3.63) is 41.7 Å². The van der Waals surface area contributed by atoms with Gasteiger partial charge in [-0.2, -0.15) is 5.48 Å². The zero-order valence-corrected chi connectivity index (χ0v) is 16.8. The van der Waals surface area contributed by atoms with Crippen molar-refractivity contribution < 1.29 is 14.4 Å². The molecular formula is C19H28N6O3. The molecule has 0 bridgehead atoms. The van der Waals surface area contributed by atoms with Crippen LogP contribution in [0.1, 0.15) is 51.0 Å². The molecule has 2 aromatic rings. The number of ether oxygens (including phenoxy) is 1. The van der Waals surface area contributed by atoms with E-state index >= 15 is 0 Å². The van der Waals surface area contributed by atoms with E-state index in [9.17, 15) is 4.79 Å². The van der Waals surface area contributed by atoms with E-state index in [4.69, 9.17) is 9.57 Å². The van der Waals surface area contributed by atoms with E-state index in [2.05, 4.69) is 21.0 Å². The van der Waals surface area contributed by atoms with Gasteiger partial charge < -0.3 is 4.74 Å². The van der Waals surface area contributed by atoms with E-state index in [0.29, 0.717) is 25.4 Å². The van der Waals surface area contributed by atoms with Gasteiger partial charge in [-0.25, -0.2) is 9.48 Å². The molecule has 3 rings (SSSR count). The Hall–Kier alpha value is -2.52. The number of hydrogen-bond acceptors (Lipinski definition) is 7. The number of aromatic nitrogens is 4. The minimum Gasteiger partial charge on any atom is -0.444 e. The van der Waals surface area contributed by atoms with E-state index in [0.717, 1.165) is 12.0 Å². The Morgan fingerprint density at radius 1 is 1.25 bits per heavy atom. The lowest BCUT2D eigenvalue weighted by atomic mass is 9.98. The summed E-state index contributed by atoms with van der Waals surface area (Å²) in [7, 11) is 1.77. The number of aryl methyl sites for hydroxylation is 1. The second kappa shape index (κ2) is 8.66. The number of carbonyl (C=O) groups is 1. The smallest absolute Gasteiger partial charge is 0.410 e. The van der Waals surface area contributed by atoms with Crippen LogP contribution < -0.4 is 5.48 Å². The van der Waals surface area contributed by atoms with E-state index in [1.54, 1.807) is 16.6 Å². The third-order valence-electron chi connectivity index (χ3n) is 4.49. The minimum atomic E-state index is -0.579. The molecule has 152 valence electrons. The van der Waals surface area contributed by atoms with Crippen LogP contribution in [0.3, 0.4) is 0 Å². The third-order valence-corrected chi connectivity index (χ3v) is 4.49. The van der Waals surface area contributed by atoms with Crippen LogP contribution in [0, 0.1) is 0 Å². The molecule has 0 unspecified atom stereocenters. The van der Waals surface area contributed by atoms with Crippen molar-refractivity contribution in [2.24, 2.45) is 7.05 Å². The average molecular weight is 388 g/mol. The number of nitrogens with zero attached hydrogens (tertiary/aromatic N) is 5. The van der Waals surface area contributed by atoms with Crippen molar-refractivity contribution in [3.63, 3.8) is 0 Å². The van der Waals surface area contributed by atoms with E-state index in [1.165, 1.54) is 0 Å². The summed E-state index contributed by atoms with van der Waals surface area (Å²) in [6.07, 6.45) is 1.15. The number of tetrazole rings is 1. The van der Waals surface area contributed by atoms with Gasteiger partial charge in [-0.05, 0) is 49.6 Å². The molecule has 1 aromatic carbocycles. The molecule has 9 nitrogen and oxygen atoms in total. The fourth-order valence-electron chi connectivity index (χ4n) is 3.19. The van der Waals surface area contributed by atoms with Crippen LogP contribution in [0.15, 0.2) is 30.3 Å². The summed E-state index contributed by atoms with van der Waals surface area (Å²) in [4.78, 5) is 20.2. The molecule has 28 heavy (non-hydrogen) atoms. The van der Waals surface area contributed by atoms with Crippen molar-refractivity contribution in [3.8, 4) is 0 Å². The van der Waals surface area contributed by atoms with Crippen LogP contribution >= 0.6 is 0 Å². The molecule has 1 aliphatic rings. The number of hydrogen-bond donors (Lipinski definition) is 1. The molecule has 0 spiro atoms. The summed E-state index contributed by atoms with van der Waals surface area (Å²) in [6.45, 7) is 6.47. The molecule has 9 heteroatoms. The molecule has 1 fully saturated rings. The zero-order valence-electron chi connectivity index (χ0n) is 16.8. The van der Waals surface area contributed by atoms with Crippen molar-refractivity contribution in [2.45, 2.75) is 57.9 Å². The molecular weight excluding hydrogens is 360 g/mol. The first-order valence-electron chi connectivity index (χ1n) is 9.46. The summed E-state index contributed by atoms with van der Waals surface area (Å²) in [5.74, 6) is 0.648. The molecule has 2 heterocycles. The van der Waals surface area contributed by atoms with Gasteiger partial charge in [0.05, 0.1) is 18.7 Å².